The minimum Gasteiger partial charge on any atom is -0.370 e. The summed E-state index contributed by atoms with van der Waals surface area (Å²) in [5.41, 5.74) is 0.986. The van der Waals surface area contributed by atoms with Gasteiger partial charge in [-0.25, -0.2) is 14.6 Å². The van der Waals surface area contributed by atoms with E-state index < -0.39 is 0 Å². The Labute approximate surface area is 136 Å². The largest absolute Gasteiger partial charge is 0.370 e. The van der Waals surface area contributed by atoms with E-state index in [2.05, 4.69) is 43.0 Å². The van der Waals surface area contributed by atoms with Crippen molar-refractivity contribution in [2.75, 3.05) is 11.9 Å². The van der Waals surface area contributed by atoms with Crippen LogP contribution in [-0.4, -0.2) is 26.3 Å². The molecule has 0 radical (unpaired) electrons. The van der Waals surface area contributed by atoms with E-state index in [0.717, 1.165) is 27.3 Å². The molecule has 0 unspecified atom stereocenters. The summed E-state index contributed by atoms with van der Waals surface area (Å²) in [6.45, 7) is 2.85. The Hall–Kier alpha value is -1.96. The van der Waals surface area contributed by atoms with Crippen molar-refractivity contribution in [3.05, 3.63) is 52.4 Å². The minimum atomic E-state index is 0.689. The van der Waals surface area contributed by atoms with E-state index in [1.165, 1.54) is 0 Å². The summed E-state index contributed by atoms with van der Waals surface area (Å²) in [5.74, 6) is 2.24. The zero-order valence-corrected chi connectivity index (χ0v) is 13.7. The number of nitrogens with zero attached hydrogens (tertiary/aromatic N) is 4. The molecule has 0 aliphatic rings. The number of benzene rings is 1. The predicted octanol–water partition coefficient (Wildman–Crippen LogP) is 3.37. The summed E-state index contributed by atoms with van der Waals surface area (Å²) < 4.78 is 2.83. The number of hydrogen-bond donors (Lipinski definition) is 1. The average Bonchev–Trinajstić information content (AvgIpc) is 2.95. The Morgan fingerprint density at radius 2 is 2.00 bits per heavy atom. The molecule has 0 atom stereocenters. The fourth-order valence-corrected chi connectivity index (χ4v) is 2.35. The summed E-state index contributed by atoms with van der Waals surface area (Å²) in [5, 5.41) is 7.55. The highest BCUT2D eigenvalue weighted by atomic mass is 127. The molecule has 3 aromatic rings. The van der Waals surface area contributed by atoms with Crippen LogP contribution in [0.25, 0.3) is 17.2 Å². The zero-order chi connectivity index (χ0) is 14.7. The van der Waals surface area contributed by atoms with Crippen LogP contribution in [0, 0.1) is 3.57 Å². The van der Waals surface area contributed by atoms with Gasteiger partial charge in [0.05, 0.1) is 9.77 Å². The molecule has 21 heavy (non-hydrogen) atoms. The molecule has 2 aromatic heterocycles. The summed E-state index contributed by atoms with van der Waals surface area (Å²) in [4.78, 5) is 9.18. The van der Waals surface area contributed by atoms with Gasteiger partial charge in [-0.15, -0.1) is 0 Å². The minimum absolute atomic E-state index is 0.689. The highest BCUT2D eigenvalue weighted by Gasteiger charge is 2.08. The Morgan fingerprint density at radius 3 is 2.67 bits per heavy atom. The van der Waals surface area contributed by atoms with Crippen molar-refractivity contribution >= 4 is 28.4 Å². The Kier molecular flexibility index (Phi) is 4.14. The number of aromatic nitrogens is 4. The second-order valence-corrected chi connectivity index (χ2v) is 5.68. The Bertz CT molecular complexity index is 739. The summed E-state index contributed by atoms with van der Waals surface area (Å²) in [7, 11) is 0. The van der Waals surface area contributed by atoms with E-state index >= 15 is 0 Å². The molecule has 1 N–H and O–H groups in total. The summed E-state index contributed by atoms with van der Waals surface area (Å²) >= 11 is 2.23. The van der Waals surface area contributed by atoms with Crippen molar-refractivity contribution < 1.29 is 0 Å². The second-order valence-electron chi connectivity index (χ2n) is 4.43. The lowest BCUT2D eigenvalue weighted by Crippen LogP contribution is -2.06. The molecule has 0 fully saturated rings. The summed E-state index contributed by atoms with van der Waals surface area (Å²) in [6.07, 6.45) is 3.74. The lowest BCUT2D eigenvalue weighted by Gasteiger charge is -2.09. The van der Waals surface area contributed by atoms with Gasteiger partial charge >= 0.3 is 0 Å². The maximum atomic E-state index is 4.62. The van der Waals surface area contributed by atoms with Crippen LogP contribution in [0.3, 0.4) is 0 Å². The molecule has 6 heteroatoms. The number of hydrogen-bond acceptors (Lipinski definition) is 4. The normalized spacial score (nSPS) is 10.6. The van der Waals surface area contributed by atoms with Crippen molar-refractivity contribution in [2.45, 2.75) is 6.92 Å². The van der Waals surface area contributed by atoms with Crippen LogP contribution in [0.4, 0.5) is 5.82 Å². The van der Waals surface area contributed by atoms with Crippen LogP contribution in [0.15, 0.2) is 48.8 Å². The number of rotatable bonds is 4. The standard InChI is InChI=1S/C15H14IN5/c1-2-17-13-8-14(21-10-12(16)9-18-21)20-15(19-13)11-6-4-3-5-7-11/h3-10H,2H2,1H3,(H,17,19,20). The molecule has 5 nitrogen and oxygen atoms in total. The quantitative estimate of drug-likeness (QED) is 0.693. The number of halogens is 1. The van der Waals surface area contributed by atoms with Crippen molar-refractivity contribution in [1.29, 1.82) is 0 Å². The van der Waals surface area contributed by atoms with Crippen molar-refractivity contribution in [3.8, 4) is 17.2 Å². The highest BCUT2D eigenvalue weighted by Crippen LogP contribution is 2.19. The topological polar surface area (TPSA) is 55.6 Å². The lowest BCUT2D eigenvalue weighted by molar-refractivity contribution is 0.841. The van der Waals surface area contributed by atoms with Gasteiger partial charge in [0.25, 0.3) is 0 Å². The number of nitrogens with one attached hydrogen (secondary N) is 1. The first kappa shape index (κ1) is 14.0. The fourth-order valence-electron chi connectivity index (χ4n) is 1.97. The molecule has 0 aliphatic carbocycles. The van der Waals surface area contributed by atoms with E-state index in [1.54, 1.807) is 10.9 Å². The monoisotopic (exact) mass is 391 g/mol. The van der Waals surface area contributed by atoms with Crippen molar-refractivity contribution in [1.82, 2.24) is 19.7 Å². The predicted molar refractivity (Wildman–Crippen MR) is 91.5 cm³/mol. The first-order valence-electron chi connectivity index (χ1n) is 6.65. The van der Waals surface area contributed by atoms with Crippen LogP contribution in [0.1, 0.15) is 6.92 Å². The van der Waals surface area contributed by atoms with E-state index in [4.69, 9.17) is 0 Å². The van der Waals surface area contributed by atoms with Gasteiger partial charge in [0.2, 0.25) is 0 Å². The molecule has 0 saturated heterocycles. The average molecular weight is 391 g/mol. The maximum absolute atomic E-state index is 4.62. The van der Waals surface area contributed by atoms with Crippen LogP contribution >= 0.6 is 22.6 Å². The maximum Gasteiger partial charge on any atom is 0.163 e. The third kappa shape index (κ3) is 3.21. The molecule has 0 aliphatic heterocycles. The van der Waals surface area contributed by atoms with E-state index in [-0.39, 0.29) is 0 Å². The Balaban J connectivity index is 2.10. The van der Waals surface area contributed by atoms with Crippen LogP contribution in [-0.2, 0) is 0 Å². The molecule has 0 saturated carbocycles. The van der Waals surface area contributed by atoms with Gasteiger partial charge in [-0.2, -0.15) is 5.10 Å². The van der Waals surface area contributed by atoms with Crippen LogP contribution < -0.4 is 5.32 Å². The van der Waals surface area contributed by atoms with Crippen molar-refractivity contribution in [2.24, 2.45) is 0 Å². The first-order valence-corrected chi connectivity index (χ1v) is 7.73. The summed E-state index contributed by atoms with van der Waals surface area (Å²) in [6, 6.07) is 11.8. The van der Waals surface area contributed by atoms with Gasteiger partial charge < -0.3 is 5.32 Å². The van der Waals surface area contributed by atoms with E-state index in [1.807, 2.05) is 49.5 Å². The van der Waals surface area contributed by atoms with Gasteiger partial charge in [0.15, 0.2) is 11.6 Å². The van der Waals surface area contributed by atoms with Gasteiger partial charge in [-0.1, -0.05) is 30.3 Å². The smallest absolute Gasteiger partial charge is 0.163 e. The van der Waals surface area contributed by atoms with Gasteiger partial charge in [-0.3, -0.25) is 0 Å². The first-order chi connectivity index (χ1) is 10.3. The SMILES string of the molecule is CCNc1cc(-n2cc(I)cn2)nc(-c2ccccc2)n1. The molecule has 3 rings (SSSR count). The molecule has 2 heterocycles. The lowest BCUT2D eigenvalue weighted by atomic mass is 10.2. The van der Waals surface area contributed by atoms with E-state index in [9.17, 15) is 0 Å². The molecule has 1 aromatic carbocycles. The second kappa shape index (κ2) is 6.21. The molecular formula is C15H14IN5. The molecule has 0 amide bonds. The van der Waals surface area contributed by atoms with Crippen molar-refractivity contribution in [3.63, 3.8) is 0 Å². The van der Waals surface area contributed by atoms with Gasteiger partial charge in [0, 0.05) is 24.4 Å². The fraction of sp³-hybridized carbons (Fsp3) is 0.133. The number of anilines is 1. The molecule has 0 spiro atoms. The molecular weight excluding hydrogens is 377 g/mol. The highest BCUT2D eigenvalue weighted by molar-refractivity contribution is 14.1. The zero-order valence-electron chi connectivity index (χ0n) is 11.5. The van der Waals surface area contributed by atoms with Gasteiger partial charge in [0.1, 0.15) is 5.82 Å². The third-order valence-corrected chi connectivity index (χ3v) is 3.45. The molecule has 0 bridgehead atoms. The van der Waals surface area contributed by atoms with Crippen LogP contribution in [0.5, 0.6) is 0 Å². The third-order valence-electron chi connectivity index (χ3n) is 2.89. The van der Waals surface area contributed by atoms with Gasteiger partial charge in [-0.05, 0) is 29.5 Å². The molecule has 106 valence electrons. The Morgan fingerprint density at radius 1 is 1.19 bits per heavy atom. The van der Waals surface area contributed by atoms with E-state index in [0.29, 0.717) is 5.82 Å². The van der Waals surface area contributed by atoms with Crippen LogP contribution in [0.2, 0.25) is 0 Å².